The second-order valence-electron chi connectivity index (χ2n) is 4.13. The number of benzene rings is 1. The van der Waals surface area contributed by atoms with Crippen LogP contribution in [0.4, 0.5) is 5.69 Å². The van der Waals surface area contributed by atoms with Crippen LogP contribution in [0.2, 0.25) is 0 Å². The van der Waals surface area contributed by atoms with Gasteiger partial charge >= 0.3 is 5.69 Å². The number of halogens is 1. The molecule has 0 unspecified atom stereocenters. The molecular formula is C13H11BrN2O3. The number of pyridine rings is 1. The average Bonchev–Trinajstić information content (AvgIpc) is 2.32. The van der Waals surface area contributed by atoms with E-state index in [1.54, 1.807) is 19.2 Å². The Balaban J connectivity index is 2.47. The number of rotatable bonds is 3. The number of aryl methyl sites for hydroxylation is 2. The van der Waals surface area contributed by atoms with Gasteiger partial charge in [0.25, 0.3) is 0 Å². The maximum absolute atomic E-state index is 11.1. The van der Waals surface area contributed by atoms with Gasteiger partial charge in [0.2, 0.25) is 5.75 Å². The van der Waals surface area contributed by atoms with Gasteiger partial charge in [0.1, 0.15) is 5.75 Å². The molecule has 0 atom stereocenters. The Morgan fingerprint density at radius 2 is 2.00 bits per heavy atom. The number of nitro groups is 1. The van der Waals surface area contributed by atoms with E-state index < -0.39 is 4.92 Å². The van der Waals surface area contributed by atoms with E-state index >= 15 is 0 Å². The fraction of sp³-hybridized carbons (Fsp3) is 0.154. The predicted octanol–water partition coefficient (Wildman–Crippen LogP) is 4.16. The number of ether oxygens (including phenoxy) is 1. The van der Waals surface area contributed by atoms with Gasteiger partial charge in [0.05, 0.1) is 11.1 Å². The molecule has 5 nitrogen and oxygen atoms in total. The number of nitro benzene ring substituents is 1. The van der Waals surface area contributed by atoms with Gasteiger partial charge in [0, 0.05) is 16.7 Å². The second kappa shape index (κ2) is 5.36. The zero-order valence-corrected chi connectivity index (χ0v) is 12.0. The summed E-state index contributed by atoms with van der Waals surface area (Å²) in [5, 5.41) is 11.1. The molecule has 6 heteroatoms. The van der Waals surface area contributed by atoms with E-state index in [0.717, 1.165) is 10.0 Å². The van der Waals surface area contributed by atoms with E-state index in [-0.39, 0.29) is 11.4 Å². The Labute approximate surface area is 118 Å². The normalized spacial score (nSPS) is 10.3. The van der Waals surface area contributed by atoms with Crippen molar-refractivity contribution in [1.82, 2.24) is 4.98 Å². The summed E-state index contributed by atoms with van der Waals surface area (Å²) in [6, 6.07) is 5.04. The van der Waals surface area contributed by atoms with Crippen LogP contribution in [0.5, 0.6) is 11.5 Å². The van der Waals surface area contributed by atoms with Crippen molar-refractivity contribution in [3.05, 3.63) is 56.3 Å². The predicted molar refractivity (Wildman–Crippen MR) is 74.6 cm³/mol. The molecule has 1 aromatic carbocycles. The highest BCUT2D eigenvalue weighted by atomic mass is 79.9. The van der Waals surface area contributed by atoms with E-state index in [0.29, 0.717) is 11.3 Å². The van der Waals surface area contributed by atoms with Gasteiger partial charge in [-0.3, -0.25) is 15.1 Å². The number of hydrogen-bond acceptors (Lipinski definition) is 4. The molecule has 1 aromatic heterocycles. The van der Waals surface area contributed by atoms with Gasteiger partial charge in [-0.05, 0) is 47.0 Å². The molecule has 0 amide bonds. The van der Waals surface area contributed by atoms with Crippen molar-refractivity contribution in [2.75, 3.05) is 0 Å². The van der Waals surface area contributed by atoms with Crippen LogP contribution in [0.15, 0.2) is 35.1 Å². The zero-order chi connectivity index (χ0) is 14.0. The monoisotopic (exact) mass is 322 g/mol. The van der Waals surface area contributed by atoms with Crippen LogP contribution in [0, 0.1) is 24.0 Å². The Morgan fingerprint density at radius 3 is 2.63 bits per heavy atom. The van der Waals surface area contributed by atoms with Crippen LogP contribution in [0.25, 0.3) is 0 Å². The smallest absolute Gasteiger partial charge is 0.312 e. The Morgan fingerprint density at radius 1 is 1.26 bits per heavy atom. The molecule has 0 saturated heterocycles. The van der Waals surface area contributed by atoms with Crippen LogP contribution in [0.1, 0.15) is 11.1 Å². The van der Waals surface area contributed by atoms with Gasteiger partial charge < -0.3 is 4.74 Å². The van der Waals surface area contributed by atoms with Gasteiger partial charge in [-0.1, -0.05) is 6.07 Å². The third-order valence-electron chi connectivity index (χ3n) is 2.50. The van der Waals surface area contributed by atoms with Crippen LogP contribution in [-0.4, -0.2) is 9.91 Å². The molecule has 98 valence electrons. The Hall–Kier alpha value is -1.95. The first-order valence-corrected chi connectivity index (χ1v) is 6.30. The van der Waals surface area contributed by atoms with Gasteiger partial charge in [0.15, 0.2) is 0 Å². The fourth-order valence-corrected chi connectivity index (χ4v) is 2.11. The van der Waals surface area contributed by atoms with Gasteiger partial charge in [-0.25, -0.2) is 0 Å². The Kier molecular flexibility index (Phi) is 3.80. The molecule has 0 saturated carbocycles. The Bertz CT molecular complexity index is 644. The van der Waals surface area contributed by atoms with Gasteiger partial charge in [-0.15, -0.1) is 0 Å². The topological polar surface area (TPSA) is 65.3 Å². The van der Waals surface area contributed by atoms with Crippen molar-refractivity contribution in [3.8, 4) is 11.5 Å². The van der Waals surface area contributed by atoms with Crippen molar-refractivity contribution in [2.24, 2.45) is 0 Å². The number of hydrogen-bond donors (Lipinski definition) is 0. The minimum atomic E-state index is -0.444. The lowest BCUT2D eigenvalue weighted by Crippen LogP contribution is -1.97. The molecule has 0 aliphatic rings. The molecule has 0 fully saturated rings. The van der Waals surface area contributed by atoms with Crippen LogP contribution in [-0.2, 0) is 0 Å². The second-order valence-corrected chi connectivity index (χ2v) is 5.04. The quantitative estimate of drug-likeness (QED) is 0.628. The van der Waals surface area contributed by atoms with E-state index in [4.69, 9.17) is 4.74 Å². The molecule has 19 heavy (non-hydrogen) atoms. The summed E-state index contributed by atoms with van der Waals surface area (Å²) in [7, 11) is 0. The zero-order valence-electron chi connectivity index (χ0n) is 10.4. The van der Waals surface area contributed by atoms with Crippen LogP contribution in [0.3, 0.4) is 0 Å². The van der Waals surface area contributed by atoms with Crippen molar-refractivity contribution in [2.45, 2.75) is 13.8 Å². The molecule has 0 radical (unpaired) electrons. The lowest BCUT2D eigenvalue weighted by Gasteiger charge is -2.10. The molecule has 0 bridgehead atoms. The molecular weight excluding hydrogens is 312 g/mol. The first-order valence-electron chi connectivity index (χ1n) is 5.51. The fourth-order valence-electron chi connectivity index (χ4n) is 1.77. The maximum Gasteiger partial charge on any atom is 0.312 e. The molecule has 0 aliphatic carbocycles. The maximum atomic E-state index is 11.1. The van der Waals surface area contributed by atoms with Gasteiger partial charge in [-0.2, -0.15) is 0 Å². The van der Waals surface area contributed by atoms with Crippen molar-refractivity contribution < 1.29 is 9.66 Å². The molecule has 1 heterocycles. The van der Waals surface area contributed by atoms with Crippen molar-refractivity contribution >= 4 is 21.6 Å². The summed E-state index contributed by atoms with van der Waals surface area (Å²) >= 11 is 3.28. The molecule has 0 spiro atoms. The summed E-state index contributed by atoms with van der Waals surface area (Å²) in [6.45, 7) is 3.59. The molecule has 0 N–H and O–H groups in total. The SMILES string of the molecule is Cc1cc(C)c(Oc2cncc(Br)c2)c([N+](=O)[O-])c1. The molecule has 2 rings (SSSR count). The van der Waals surface area contributed by atoms with Crippen LogP contribution < -0.4 is 4.74 Å². The number of nitrogens with zero attached hydrogens (tertiary/aromatic N) is 2. The summed E-state index contributed by atoms with van der Waals surface area (Å²) in [6.07, 6.45) is 3.12. The lowest BCUT2D eigenvalue weighted by atomic mass is 10.1. The summed E-state index contributed by atoms with van der Waals surface area (Å²) in [4.78, 5) is 14.6. The standard InChI is InChI=1S/C13H11BrN2O3/c1-8-3-9(2)13(12(4-8)16(17)18)19-11-5-10(14)6-15-7-11/h3-7H,1-2H3. The third kappa shape index (κ3) is 3.08. The first-order chi connectivity index (χ1) is 8.97. The van der Waals surface area contributed by atoms with Crippen molar-refractivity contribution in [1.29, 1.82) is 0 Å². The van der Waals surface area contributed by atoms with E-state index in [9.17, 15) is 10.1 Å². The largest absolute Gasteiger partial charge is 0.448 e. The third-order valence-corrected chi connectivity index (χ3v) is 2.93. The summed E-state index contributed by atoms with van der Waals surface area (Å²) < 4.78 is 6.35. The van der Waals surface area contributed by atoms with Crippen molar-refractivity contribution in [3.63, 3.8) is 0 Å². The molecule has 2 aromatic rings. The highest BCUT2D eigenvalue weighted by Gasteiger charge is 2.19. The average molecular weight is 323 g/mol. The highest BCUT2D eigenvalue weighted by Crippen LogP contribution is 2.35. The lowest BCUT2D eigenvalue weighted by molar-refractivity contribution is -0.385. The molecule has 0 aliphatic heterocycles. The summed E-state index contributed by atoms with van der Waals surface area (Å²) in [5.74, 6) is 0.694. The van der Waals surface area contributed by atoms with E-state index in [1.807, 2.05) is 13.0 Å². The van der Waals surface area contributed by atoms with E-state index in [1.165, 1.54) is 12.3 Å². The number of aromatic nitrogens is 1. The summed E-state index contributed by atoms with van der Waals surface area (Å²) in [5.41, 5.74) is 1.49. The van der Waals surface area contributed by atoms with Crippen LogP contribution >= 0.6 is 15.9 Å². The highest BCUT2D eigenvalue weighted by molar-refractivity contribution is 9.10. The minimum absolute atomic E-state index is 0.0440. The van der Waals surface area contributed by atoms with E-state index in [2.05, 4.69) is 20.9 Å². The first kappa shape index (κ1) is 13.5. The minimum Gasteiger partial charge on any atom is -0.448 e.